The lowest BCUT2D eigenvalue weighted by Gasteiger charge is -2.23. The molecule has 3 N–H and O–H groups in total. The Hall–Kier alpha value is -0.900. The van der Waals surface area contributed by atoms with Crippen LogP contribution in [-0.2, 0) is 9.59 Å². The van der Waals surface area contributed by atoms with Crippen LogP contribution in [0.5, 0.6) is 0 Å². The van der Waals surface area contributed by atoms with Gasteiger partial charge >= 0.3 is 0 Å². The van der Waals surface area contributed by atoms with Crippen molar-refractivity contribution in [2.24, 2.45) is 11.7 Å². The number of carbonyl (C=O) groups excluding carboxylic acids is 2. The number of nitrogens with one attached hydrogen (secondary N) is 1. The van der Waals surface area contributed by atoms with Crippen molar-refractivity contribution in [3.63, 3.8) is 0 Å². The van der Waals surface area contributed by atoms with Gasteiger partial charge in [0.1, 0.15) is 0 Å². The van der Waals surface area contributed by atoms with E-state index in [4.69, 9.17) is 5.73 Å². The highest BCUT2D eigenvalue weighted by molar-refractivity contribution is 5.98. The number of nitrogens with two attached hydrogens (primary N) is 1. The summed E-state index contributed by atoms with van der Waals surface area (Å²) in [5.74, 6) is -0.601. The lowest BCUT2D eigenvalue weighted by molar-refractivity contribution is -0.136. The molecule has 4 heteroatoms. The predicted molar refractivity (Wildman–Crippen MR) is 39.5 cm³/mol. The van der Waals surface area contributed by atoms with E-state index in [-0.39, 0.29) is 23.8 Å². The zero-order chi connectivity index (χ0) is 8.43. The summed E-state index contributed by atoms with van der Waals surface area (Å²) in [6, 6.07) is -0.164. The van der Waals surface area contributed by atoms with Gasteiger partial charge in [0.25, 0.3) is 0 Å². The maximum absolute atomic E-state index is 11.0. The van der Waals surface area contributed by atoms with Crippen LogP contribution in [0.15, 0.2) is 0 Å². The van der Waals surface area contributed by atoms with Gasteiger partial charge in [-0.3, -0.25) is 14.9 Å². The highest BCUT2D eigenvalue weighted by atomic mass is 16.2. The van der Waals surface area contributed by atoms with Crippen LogP contribution in [0.3, 0.4) is 0 Å². The molecule has 1 aliphatic heterocycles. The van der Waals surface area contributed by atoms with Crippen molar-refractivity contribution in [2.75, 3.05) is 0 Å². The van der Waals surface area contributed by atoms with Gasteiger partial charge in [0, 0.05) is 12.5 Å². The zero-order valence-electron chi connectivity index (χ0n) is 6.46. The summed E-state index contributed by atoms with van der Waals surface area (Å²) in [6.07, 6.45) is 1.00. The Morgan fingerprint density at radius 2 is 2.27 bits per heavy atom. The number of carbonyl (C=O) groups is 2. The average molecular weight is 156 g/mol. The van der Waals surface area contributed by atoms with E-state index >= 15 is 0 Å². The summed E-state index contributed by atoms with van der Waals surface area (Å²) in [4.78, 5) is 21.7. The molecule has 0 aliphatic carbocycles. The number of amides is 2. The maximum Gasteiger partial charge on any atom is 0.231 e. The van der Waals surface area contributed by atoms with Gasteiger partial charge < -0.3 is 5.73 Å². The van der Waals surface area contributed by atoms with E-state index in [0.29, 0.717) is 12.8 Å². The highest BCUT2D eigenvalue weighted by Crippen LogP contribution is 2.14. The van der Waals surface area contributed by atoms with Gasteiger partial charge in [-0.2, -0.15) is 0 Å². The van der Waals surface area contributed by atoms with Crippen LogP contribution < -0.4 is 11.1 Å². The van der Waals surface area contributed by atoms with Crippen LogP contribution in [0.1, 0.15) is 19.8 Å². The van der Waals surface area contributed by atoms with Crippen molar-refractivity contribution in [3.8, 4) is 0 Å². The van der Waals surface area contributed by atoms with Gasteiger partial charge in [0.05, 0.1) is 5.92 Å². The standard InChI is InChI=1S/C7H12N2O2/c1-4(8)5-2-3-6(10)9-7(5)11/h4-5H,2-3,8H2,1H3,(H,9,10,11). The SMILES string of the molecule is CC(N)C1CCC(=O)NC1=O. The van der Waals surface area contributed by atoms with Gasteiger partial charge in [-0.1, -0.05) is 0 Å². The second-order valence-electron chi connectivity index (χ2n) is 2.92. The van der Waals surface area contributed by atoms with E-state index in [1.807, 2.05) is 0 Å². The molecule has 0 spiro atoms. The lowest BCUT2D eigenvalue weighted by Crippen LogP contribution is -2.46. The first-order chi connectivity index (χ1) is 5.11. The molecular weight excluding hydrogens is 144 g/mol. The Kier molecular flexibility index (Phi) is 2.24. The van der Waals surface area contributed by atoms with Crippen LogP contribution in [0.4, 0.5) is 0 Å². The summed E-state index contributed by atoms with van der Waals surface area (Å²) in [7, 11) is 0. The van der Waals surface area contributed by atoms with E-state index in [1.165, 1.54) is 0 Å². The second-order valence-corrected chi connectivity index (χ2v) is 2.92. The molecule has 0 aromatic carbocycles. The van der Waals surface area contributed by atoms with Crippen molar-refractivity contribution in [1.82, 2.24) is 5.32 Å². The molecule has 2 atom stereocenters. The highest BCUT2D eigenvalue weighted by Gasteiger charge is 2.28. The molecule has 0 saturated carbocycles. The molecule has 1 fully saturated rings. The summed E-state index contributed by atoms with van der Waals surface area (Å²) in [6.45, 7) is 1.78. The minimum absolute atomic E-state index is 0.164. The summed E-state index contributed by atoms with van der Waals surface area (Å²) < 4.78 is 0. The molecule has 0 bridgehead atoms. The third-order valence-electron chi connectivity index (χ3n) is 1.92. The third kappa shape index (κ3) is 1.77. The van der Waals surface area contributed by atoms with Crippen LogP contribution >= 0.6 is 0 Å². The monoisotopic (exact) mass is 156 g/mol. The quantitative estimate of drug-likeness (QED) is 0.497. The molecular formula is C7H12N2O2. The number of piperidine rings is 1. The molecule has 1 heterocycles. The third-order valence-corrected chi connectivity index (χ3v) is 1.92. The summed E-state index contributed by atoms with van der Waals surface area (Å²) in [5, 5.41) is 2.25. The van der Waals surface area contributed by atoms with Gasteiger partial charge in [0.2, 0.25) is 11.8 Å². The molecule has 2 amide bonds. The van der Waals surface area contributed by atoms with Gasteiger partial charge in [0.15, 0.2) is 0 Å². The number of hydrogen-bond donors (Lipinski definition) is 2. The minimum atomic E-state index is -0.226. The number of rotatable bonds is 1. The fourth-order valence-corrected chi connectivity index (χ4v) is 1.21. The largest absolute Gasteiger partial charge is 0.327 e. The topological polar surface area (TPSA) is 72.2 Å². The smallest absolute Gasteiger partial charge is 0.231 e. The average Bonchev–Trinajstić information content (AvgIpc) is 1.85. The molecule has 1 rings (SSSR count). The molecule has 0 aromatic rings. The lowest BCUT2D eigenvalue weighted by atomic mass is 9.92. The molecule has 0 radical (unpaired) electrons. The molecule has 1 aliphatic rings. The molecule has 1 saturated heterocycles. The van der Waals surface area contributed by atoms with Crippen molar-refractivity contribution < 1.29 is 9.59 Å². The fraction of sp³-hybridized carbons (Fsp3) is 0.714. The maximum atomic E-state index is 11.0. The first-order valence-corrected chi connectivity index (χ1v) is 3.70. The van der Waals surface area contributed by atoms with Crippen molar-refractivity contribution in [1.29, 1.82) is 0 Å². The molecule has 2 unspecified atom stereocenters. The van der Waals surface area contributed by atoms with Gasteiger partial charge in [-0.05, 0) is 13.3 Å². The van der Waals surface area contributed by atoms with Crippen molar-refractivity contribution in [2.45, 2.75) is 25.8 Å². The van der Waals surface area contributed by atoms with Crippen LogP contribution in [-0.4, -0.2) is 17.9 Å². The van der Waals surface area contributed by atoms with Crippen molar-refractivity contribution in [3.05, 3.63) is 0 Å². The van der Waals surface area contributed by atoms with Crippen LogP contribution in [0.25, 0.3) is 0 Å². The minimum Gasteiger partial charge on any atom is -0.327 e. The molecule has 4 nitrogen and oxygen atoms in total. The Bertz CT molecular complexity index is 189. The summed E-state index contributed by atoms with van der Waals surface area (Å²) >= 11 is 0. The van der Waals surface area contributed by atoms with Gasteiger partial charge in [-0.25, -0.2) is 0 Å². The van der Waals surface area contributed by atoms with E-state index < -0.39 is 0 Å². The van der Waals surface area contributed by atoms with Crippen molar-refractivity contribution >= 4 is 11.8 Å². The van der Waals surface area contributed by atoms with Crippen LogP contribution in [0.2, 0.25) is 0 Å². The normalized spacial score (nSPS) is 28.0. The Morgan fingerprint density at radius 3 is 2.73 bits per heavy atom. The van der Waals surface area contributed by atoms with E-state index in [2.05, 4.69) is 5.32 Å². The molecule has 11 heavy (non-hydrogen) atoms. The predicted octanol–water partition coefficient (Wildman–Crippen LogP) is -0.614. The fourth-order valence-electron chi connectivity index (χ4n) is 1.21. The second kappa shape index (κ2) is 3.00. The Balaban J connectivity index is 2.57. The number of imide groups is 1. The summed E-state index contributed by atoms with van der Waals surface area (Å²) in [5.41, 5.74) is 5.53. The first kappa shape index (κ1) is 8.20. The number of hydrogen-bond acceptors (Lipinski definition) is 3. The molecule has 0 aromatic heterocycles. The zero-order valence-corrected chi connectivity index (χ0v) is 6.46. The molecule has 62 valence electrons. The Morgan fingerprint density at radius 1 is 1.64 bits per heavy atom. The van der Waals surface area contributed by atoms with Gasteiger partial charge in [-0.15, -0.1) is 0 Å². The Labute approximate surface area is 65.1 Å². The van der Waals surface area contributed by atoms with E-state index in [9.17, 15) is 9.59 Å². The first-order valence-electron chi connectivity index (χ1n) is 3.70. The van der Waals surface area contributed by atoms with E-state index in [1.54, 1.807) is 6.92 Å². The van der Waals surface area contributed by atoms with Crippen LogP contribution in [0, 0.1) is 5.92 Å². The van der Waals surface area contributed by atoms with E-state index in [0.717, 1.165) is 0 Å².